The maximum Gasteiger partial charge on any atom is 0.259 e. The number of carbonyl (C=O) groups excluding carboxylic acids is 2. The molecule has 0 fully saturated rings. The summed E-state index contributed by atoms with van der Waals surface area (Å²) in [6, 6.07) is 4.79. The quantitative estimate of drug-likeness (QED) is 0.705. The molecule has 0 atom stereocenters. The lowest BCUT2D eigenvalue weighted by molar-refractivity contribution is 0.0948. The van der Waals surface area contributed by atoms with Gasteiger partial charge >= 0.3 is 0 Å². The van der Waals surface area contributed by atoms with Crippen molar-refractivity contribution in [2.45, 2.75) is 13.8 Å². The van der Waals surface area contributed by atoms with Crippen molar-refractivity contribution in [3.8, 4) is 0 Å². The number of nitrogens with zero attached hydrogens (tertiary/aromatic N) is 3. The zero-order valence-electron chi connectivity index (χ0n) is 15.3. The Balaban J connectivity index is 1.79. The highest BCUT2D eigenvalue weighted by molar-refractivity contribution is 6.34. The highest BCUT2D eigenvalue weighted by Gasteiger charge is 2.16. The summed E-state index contributed by atoms with van der Waals surface area (Å²) < 4.78 is 1.76. The van der Waals surface area contributed by atoms with E-state index in [-0.39, 0.29) is 16.8 Å². The summed E-state index contributed by atoms with van der Waals surface area (Å²) in [6.07, 6.45) is 4.73. The number of hydrogen-bond acceptors (Lipinski definition) is 4. The number of nitrogens with one attached hydrogen (secondary N) is 2. The molecule has 2 heterocycles. The predicted octanol–water partition coefficient (Wildman–Crippen LogP) is 3.26. The van der Waals surface area contributed by atoms with Gasteiger partial charge in [-0.15, -0.1) is 0 Å². The highest BCUT2D eigenvalue weighted by Crippen LogP contribution is 2.23. The van der Waals surface area contributed by atoms with Crippen LogP contribution in [0.4, 0.5) is 5.69 Å². The number of anilines is 1. The van der Waals surface area contributed by atoms with E-state index in [0.29, 0.717) is 40.3 Å². The van der Waals surface area contributed by atoms with E-state index in [9.17, 15) is 9.59 Å². The maximum atomic E-state index is 12.7. The van der Waals surface area contributed by atoms with Crippen molar-refractivity contribution in [1.29, 1.82) is 0 Å². The fraction of sp³-hybridized carbons (Fsp3) is 0.263. The van der Waals surface area contributed by atoms with Crippen molar-refractivity contribution >= 4 is 40.1 Å². The van der Waals surface area contributed by atoms with E-state index < -0.39 is 0 Å². The van der Waals surface area contributed by atoms with Gasteiger partial charge in [0.2, 0.25) is 0 Å². The minimum atomic E-state index is -0.329. The van der Waals surface area contributed by atoms with Crippen LogP contribution in [0.15, 0.2) is 36.9 Å². The SMILES string of the molecule is CC(C)CNC(=O)c1ccc(NC(=O)c2cncc3ncn(C)c23)cc1Cl. The molecule has 0 aliphatic rings. The van der Waals surface area contributed by atoms with Gasteiger partial charge in [-0.25, -0.2) is 4.98 Å². The number of halogens is 1. The van der Waals surface area contributed by atoms with Gasteiger partial charge in [0.05, 0.1) is 34.2 Å². The standard InChI is InChI=1S/C19H20ClN5O2/c1-11(2)7-22-18(26)13-5-4-12(6-15(13)20)24-19(27)14-8-21-9-16-17(14)25(3)10-23-16/h4-6,8-11H,7H2,1-3H3,(H,22,26)(H,24,27). The van der Waals surface area contributed by atoms with Crippen LogP contribution >= 0.6 is 11.6 Å². The van der Waals surface area contributed by atoms with Crippen LogP contribution in [0.5, 0.6) is 0 Å². The third-order valence-corrected chi connectivity index (χ3v) is 4.32. The summed E-state index contributed by atoms with van der Waals surface area (Å²) in [5.74, 6) is -0.227. The number of aromatic nitrogens is 3. The van der Waals surface area contributed by atoms with Crippen molar-refractivity contribution in [2.24, 2.45) is 13.0 Å². The Bertz CT molecular complexity index is 1010. The van der Waals surface area contributed by atoms with Gasteiger partial charge in [-0.2, -0.15) is 0 Å². The largest absolute Gasteiger partial charge is 0.352 e. The van der Waals surface area contributed by atoms with Crippen LogP contribution < -0.4 is 10.6 Å². The molecule has 2 aromatic heterocycles. The molecule has 27 heavy (non-hydrogen) atoms. The Hall–Kier alpha value is -2.93. The highest BCUT2D eigenvalue weighted by atomic mass is 35.5. The van der Waals surface area contributed by atoms with E-state index in [2.05, 4.69) is 20.6 Å². The average molecular weight is 386 g/mol. The summed E-state index contributed by atoms with van der Waals surface area (Å²) in [5.41, 5.74) is 2.59. The van der Waals surface area contributed by atoms with Crippen LogP contribution in [0.2, 0.25) is 5.02 Å². The van der Waals surface area contributed by atoms with Crippen molar-refractivity contribution < 1.29 is 9.59 Å². The fourth-order valence-electron chi connectivity index (χ4n) is 2.65. The molecule has 1 aromatic carbocycles. The topological polar surface area (TPSA) is 88.9 Å². The van der Waals surface area contributed by atoms with Crippen molar-refractivity contribution in [2.75, 3.05) is 11.9 Å². The second kappa shape index (κ2) is 7.75. The van der Waals surface area contributed by atoms with Crippen LogP contribution in [-0.2, 0) is 7.05 Å². The van der Waals surface area contributed by atoms with Crippen LogP contribution in [0.25, 0.3) is 11.0 Å². The van der Waals surface area contributed by atoms with Crippen LogP contribution in [0.3, 0.4) is 0 Å². The zero-order valence-corrected chi connectivity index (χ0v) is 16.0. The Labute approximate surface area is 161 Å². The van der Waals surface area contributed by atoms with Gasteiger partial charge in [0.25, 0.3) is 11.8 Å². The maximum absolute atomic E-state index is 12.7. The summed E-state index contributed by atoms with van der Waals surface area (Å²) in [7, 11) is 1.81. The summed E-state index contributed by atoms with van der Waals surface area (Å²) >= 11 is 6.23. The fourth-order valence-corrected chi connectivity index (χ4v) is 2.91. The smallest absolute Gasteiger partial charge is 0.259 e. The average Bonchev–Trinajstić information content (AvgIpc) is 3.01. The molecule has 0 aliphatic heterocycles. The molecule has 3 rings (SSSR count). The molecule has 3 aromatic rings. The first-order valence-electron chi connectivity index (χ1n) is 8.51. The van der Waals surface area contributed by atoms with E-state index in [0.717, 1.165) is 0 Å². The van der Waals surface area contributed by atoms with Crippen molar-refractivity contribution in [3.05, 3.63) is 53.1 Å². The van der Waals surface area contributed by atoms with Gasteiger partial charge in [-0.05, 0) is 24.1 Å². The molecular weight excluding hydrogens is 366 g/mol. The number of hydrogen-bond donors (Lipinski definition) is 2. The number of benzene rings is 1. The summed E-state index contributed by atoms with van der Waals surface area (Å²) in [5, 5.41) is 5.88. The first kappa shape index (κ1) is 18.8. The lowest BCUT2D eigenvalue weighted by Crippen LogP contribution is -2.27. The minimum Gasteiger partial charge on any atom is -0.352 e. The third kappa shape index (κ3) is 4.09. The number of imidazole rings is 1. The molecule has 8 heteroatoms. The molecule has 0 bridgehead atoms. The number of aryl methyl sites for hydroxylation is 1. The molecule has 0 radical (unpaired) electrons. The van der Waals surface area contributed by atoms with E-state index >= 15 is 0 Å². The number of rotatable bonds is 5. The van der Waals surface area contributed by atoms with Gasteiger partial charge in [-0.1, -0.05) is 25.4 Å². The Morgan fingerprint density at radius 3 is 2.67 bits per heavy atom. The number of pyridine rings is 1. The molecule has 140 valence electrons. The molecule has 7 nitrogen and oxygen atoms in total. The lowest BCUT2D eigenvalue weighted by atomic mass is 10.1. The van der Waals surface area contributed by atoms with Crippen LogP contribution in [-0.4, -0.2) is 32.9 Å². The monoisotopic (exact) mass is 385 g/mol. The Morgan fingerprint density at radius 1 is 1.19 bits per heavy atom. The zero-order chi connectivity index (χ0) is 19.6. The lowest BCUT2D eigenvalue weighted by Gasteiger charge is -2.11. The molecule has 0 unspecified atom stereocenters. The molecule has 0 saturated carbocycles. The van der Waals surface area contributed by atoms with Crippen molar-refractivity contribution in [1.82, 2.24) is 19.9 Å². The van der Waals surface area contributed by atoms with E-state index in [1.165, 1.54) is 6.20 Å². The molecule has 2 N–H and O–H groups in total. The summed E-state index contributed by atoms with van der Waals surface area (Å²) in [4.78, 5) is 33.1. The Morgan fingerprint density at radius 2 is 1.96 bits per heavy atom. The van der Waals surface area contributed by atoms with Crippen molar-refractivity contribution in [3.63, 3.8) is 0 Å². The van der Waals surface area contributed by atoms with Gasteiger partial charge in [0, 0.05) is 25.5 Å². The first-order valence-corrected chi connectivity index (χ1v) is 8.88. The van der Waals surface area contributed by atoms with E-state index in [4.69, 9.17) is 11.6 Å². The number of fused-ring (bicyclic) bond motifs is 1. The predicted molar refractivity (Wildman–Crippen MR) is 105 cm³/mol. The molecular formula is C19H20ClN5O2. The minimum absolute atomic E-state index is 0.240. The number of amides is 2. The molecule has 0 aliphatic carbocycles. The van der Waals surface area contributed by atoms with E-state index in [1.54, 1.807) is 35.3 Å². The first-order chi connectivity index (χ1) is 12.9. The van der Waals surface area contributed by atoms with Gasteiger partial charge in [0.1, 0.15) is 5.52 Å². The third-order valence-electron chi connectivity index (χ3n) is 4.01. The summed E-state index contributed by atoms with van der Waals surface area (Å²) in [6.45, 7) is 4.59. The second-order valence-electron chi connectivity index (χ2n) is 6.66. The van der Waals surface area contributed by atoms with Gasteiger partial charge in [-0.3, -0.25) is 14.6 Å². The molecule has 2 amide bonds. The van der Waals surface area contributed by atoms with Crippen LogP contribution in [0, 0.1) is 5.92 Å². The normalized spacial score (nSPS) is 11.0. The second-order valence-corrected chi connectivity index (χ2v) is 7.07. The number of carbonyl (C=O) groups is 2. The molecule has 0 saturated heterocycles. The molecule has 0 spiro atoms. The Kier molecular flexibility index (Phi) is 5.41. The van der Waals surface area contributed by atoms with Gasteiger partial charge < -0.3 is 15.2 Å². The van der Waals surface area contributed by atoms with Gasteiger partial charge in [0.15, 0.2) is 0 Å². The van der Waals surface area contributed by atoms with Crippen LogP contribution in [0.1, 0.15) is 34.6 Å². The van der Waals surface area contributed by atoms with E-state index in [1.807, 2.05) is 20.9 Å².